The zero-order valence-corrected chi connectivity index (χ0v) is 16.8. The van der Waals surface area contributed by atoms with E-state index in [2.05, 4.69) is 5.32 Å². The Bertz CT molecular complexity index is 1080. The highest BCUT2D eigenvalue weighted by Crippen LogP contribution is 2.36. The molecule has 0 unspecified atom stereocenters. The summed E-state index contributed by atoms with van der Waals surface area (Å²) in [5, 5.41) is 2.53. The number of thioether (sulfide) groups is 1. The number of hydrogen-bond donors (Lipinski definition) is 1. The Morgan fingerprint density at radius 3 is 2.53 bits per heavy atom. The molecule has 0 radical (unpaired) electrons. The van der Waals surface area contributed by atoms with Crippen LogP contribution in [0, 0.1) is 0 Å². The smallest absolute Gasteiger partial charge is 0.416 e. The quantitative estimate of drug-likeness (QED) is 0.563. The van der Waals surface area contributed by atoms with E-state index in [-0.39, 0.29) is 25.0 Å². The average molecular weight is 450 g/mol. The average Bonchev–Trinajstić information content (AvgIpc) is 3.00. The van der Waals surface area contributed by atoms with Gasteiger partial charge in [-0.3, -0.25) is 9.59 Å². The van der Waals surface area contributed by atoms with Crippen LogP contribution in [0.5, 0.6) is 5.75 Å². The topological polar surface area (TPSA) is 58.6 Å². The van der Waals surface area contributed by atoms with Crippen LogP contribution in [-0.4, -0.2) is 22.7 Å². The molecular weight excluding hydrogens is 437 g/mol. The Labute approximate surface area is 178 Å². The minimum Gasteiger partial charge on any atom is -0.482 e. The summed E-state index contributed by atoms with van der Waals surface area (Å²) in [6.45, 7) is -0.0761. The highest BCUT2D eigenvalue weighted by Gasteiger charge is 2.31. The van der Waals surface area contributed by atoms with E-state index in [9.17, 15) is 22.8 Å². The van der Waals surface area contributed by atoms with Crippen LogP contribution < -0.4 is 15.0 Å². The van der Waals surface area contributed by atoms with Crippen molar-refractivity contribution in [3.8, 4) is 5.75 Å². The van der Waals surface area contributed by atoms with Crippen molar-refractivity contribution in [2.24, 2.45) is 0 Å². The Balaban J connectivity index is 1.63. The van der Waals surface area contributed by atoms with Gasteiger partial charge in [0.05, 0.1) is 22.7 Å². The lowest BCUT2D eigenvalue weighted by Gasteiger charge is -2.30. The van der Waals surface area contributed by atoms with Crippen LogP contribution in [0.2, 0.25) is 0 Å². The minimum absolute atomic E-state index is 0.0900. The van der Waals surface area contributed by atoms with E-state index in [1.54, 1.807) is 24.3 Å². The highest BCUT2D eigenvalue weighted by atomic mass is 32.2. The summed E-state index contributed by atoms with van der Waals surface area (Å²) in [7, 11) is 0. The molecule has 1 saturated heterocycles. The van der Waals surface area contributed by atoms with Crippen molar-refractivity contribution in [3.05, 3.63) is 64.1 Å². The van der Waals surface area contributed by atoms with Gasteiger partial charge in [-0.2, -0.15) is 13.2 Å². The summed E-state index contributed by atoms with van der Waals surface area (Å²) in [6.07, 6.45) is -2.77. The fourth-order valence-electron chi connectivity index (χ4n) is 3.04. The van der Waals surface area contributed by atoms with Gasteiger partial charge in [-0.15, -0.1) is 0 Å². The van der Waals surface area contributed by atoms with Crippen LogP contribution in [0.1, 0.15) is 16.7 Å². The van der Waals surface area contributed by atoms with Gasteiger partial charge in [-0.1, -0.05) is 42.2 Å². The van der Waals surface area contributed by atoms with E-state index >= 15 is 0 Å². The van der Waals surface area contributed by atoms with E-state index in [1.165, 1.54) is 17.0 Å². The zero-order valence-electron chi connectivity index (χ0n) is 15.2. The third kappa shape index (κ3) is 4.19. The van der Waals surface area contributed by atoms with Crippen molar-refractivity contribution >= 4 is 51.9 Å². The molecule has 2 aromatic carbocycles. The molecule has 0 atom stereocenters. The number of alkyl halides is 3. The molecule has 0 saturated carbocycles. The molecule has 2 aliphatic rings. The van der Waals surface area contributed by atoms with Gasteiger partial charge in [-0.25, -0.2) is 0 Å². The Hall–Kier alpha value is -2.85. The first-order valence-electron chi connectivity index (χ1n) is 8.69. The van der Waals surface area contributed by atoms with Crippen LogP contribution in [0.25, 0.3) is 6.08 Å². The molecule has 10 heteroatoms. The van der Waals surface area contributed by atoms with Crippen molar-refractivity contribution < 1.29 is 27.5 Å². The van der Waals surface area contributed by atoms with Crippen molar-refractivity contribution in [3.63, 3.8) is 0 Å². The minimum atomic E-state index is -4.42. The molecule has 0 aliphatic carbocycles. The molecule has 1 N–H and O–H groups in total. The highest BCUT2D eigenvalue weighted by molar-refractivity contribution is 8.26. The fourth-order valence-corrected chi connectivity index (χ4v) is 4.08. The van der Waals surface area contributed by atoms with Gasteiger partial charge in [0.25, 0.3) is 11.8 Å². The molecule has 4 rings (SSSR count). The van der Waals surface area contributed by atoms with Crippen LogP contribution in [0.15, 0.2) is 47.4 Å². The number of hydrogen-bond acceptors (Lipinski definition) is 5. The first-order chi connectivity index (χ1) is 14.2. The van der Waals surface area contributed by atoms with Crippen LogP contribution in [0.3, 0.4) is 0 Å². The third-order valence-corrected chi connectivity index (χ3v) is 5.65. The maximum atomic E-state index is 12.8. The predicted octanol–water partition coefficient (Wildman–Crippen LogP) is 4.12. The van der Waals surface area contributed by atoms with Gasteiger partial charge in [-0.05, 0) is 41.5 Å². The molecule has 2 aliphatic heterocycles. The summed E-state index contributed by atoms with van der Waals surface area (Å²) < 4.78 is 44.2. The summed E-state index contributed by atoms with van der Waals surface area (Å²) in [4.78, 5) is 26.2. The van der Waals surface area contributed by atoms with E-state index < -0.39 is 11.7 Å². The first kappa shape index (κ1) is 20.4. The fraction of sp³-hybridized carbons (Fsp3) is 0.150. The molecular formula is C20H13F3N2O3S2. The summed E-state index contributed by atoms with van der Waals surface area (Å²) >= 11 is 6.11. The van der Waals surface area contributed by atoms with Crippen molar-refractivity contribution in [2.75, 3.05) is 11.5 Å². The van der Waals surface area contributed by atoms with Crippen LogP contribution in [-0.2, 0) is 22.3 Å². The molecule has 2 aromatic rings. The third-order valence-electron chi connectivity index (χ3n) is 4.49. The Kier molecular flexibility index (Phi) is 5.29. The summed E-state index contributed by atoms with van der Waals surface area (Å²) in [6, 6.07) is 9.78. The second-order valence-corrected chi connectivity index (χ2v) is 8.26. The molecule has 0 aromatic heterocycles. The summed E-state index contributed by atoms with van der Waals surface area (Å²) in [5.74, 6) is -0.138. The van der Waals surface area contributed by atoms with Crippen molar-refractivity contribution in [2.45, 2.75) is 12.7 Å². The predicted molar refractivity (Wildman–Crippen MR) is 111 cm³/mol. The lowest BCUT2D eigenvalue weighted by molar-refractivity contribution is -0.137. The lowest BCUT2D eigenvalue weighted by Crippen LogP contribution is -2.38. The molecule has 154 valence electrons. The van der Waals surface area contributed by atoms with E-state index in [0.717, 1.165) is 23.9 Å². The standard InChI is InChI=1S/C20H13F3N2O3S2/c21-20(22,23)13-4-1-11(2-5-13)9-25-14-7-12(3-6-15(14)28-10-17(25)26)8-16-18(27)24-19(29)30-16/h1-8H,9-10H2,(H,24,27,29)/b16-8+. The van der Waals surface area contributed by atoms with Crippen LogP contribution >= 0.6 is 24.0 Å². The van der Waals surface area contributed by atoms with E-state index in [1.807, 2.05) is 0 Å². The maximum Gasteiger partial charge on any atom is 0.416 e. The van der Waals surface area contributed by atoms with E-state index in [0.29, 0.717) is 31.8 Å². The Morgan fingerprint density at radius 2 is 1.90 bits per heavy atom. The number of ether oxygens (including phenoxy) is 1. The van der Waals surface area contributed by atoms with Gasteiger partial charge in [0.15, 0.2) is 6.61 Å². The number of nitrogens with one attached hydrogen (secondary N) is 1. The number of amides is 2. The molecule has 2 heterocycles. The second-order valence-electron chi connectivity index (χ2n) is 6.54. The van der Waals surface area contributed by atoms with Crippen molar-refractivity contribution in [1.82, 2.24) is 5.32 Å². The molecule has 1 fully saturated rings. The molecule has 0 bridgehead atoms. The summed E-state index contributed by atoms with van der Waals surface area (Å²) in [5.41, 5.74) is 0.932. The molecule has 30 heavy (non-hydrogen) atoms. The normalized spacial score (nSPS) is 17.8. The second kappa shape index (κ2) is 7.77. The zero-order chi connectivity index (χ0) is 21.5. The number of carbonyl (C=O) groups is 2. The monoisotopic (exact) mass is 450 g/mol. The van der Waals surface area contributed by atoms with Crippen LogP contribution in [0.4, 0.5) is 18.9 Å². The number of nitrogens with zero attached hydrogens (tertiary/aromatic N) is 1. The number of carbonyl (C=O) groups excluding carboxylic acids is 2. The molecule has 5 nitrogen and oxygen atoms in total. The lowest BCUT2D eigenvalue weighted by atomic mass is 10.1. The van der Waals surface area contributed by atoms with Gasteiger partial charge in [0.2, 0.25) is 0 Å². The largest absolute Gasteiger partial charge is 0.482 e. The number of thiocarbonyl (C=S) groups is 1. The van der Waals surface area contributed by atoms with E-state index in [4.69, 9.17) is 17.0 Å². The van der Waals surface area contributed by atoms with Gasteiger partial charge < -0.3 is 15.0 Å². The van der Waals surface area contributed by atoms with Gasteiger partial charge in [0.1, 0.15) is 10.1 Å². The number of anilines is 1. The van der Waals surface area contributed by atoms with Crippen molar-refractivity contribution in [1.29, 1.82) is 0 Å². The number of fused-ring (bicyclic) bond motifs is 1. The number of rotatable bonds is 3. The van der Waals surface area contributed by atoms with Gasteiger partial charge >= 0.3 is 6.18 Å². The molecule has 0 spiro atoms. The maximum absolute atomic E-state index is 12.8. The van der Waals surface area contributed by atoms with Gasteiger partial charge in [0, 0.05) is 0 Å². The number of halogens is 3. The SMILES string of the molecule is O=C1NC(=S)S/C1=C/c1ccc2c(c1)N(Cc1ccc(C(F)(F)F)cc1)C(=O)CO2. The number of benzene rings is 2. The molecule has 2 amide bonds. The first-order valence-corrected chi connectivity index (χ1v) is 9.91. The Morgan fingerprint density at radius 1 is 1.17 bits per heavy atom.